The first kappa shape index (κ1) is 22.6. The Morgan fingerprint density at radius 1 is 1.06 bits per heavy atom. The van der Waals surface area contributed by atoms with E-state index in [2.05, 4.69) is 22.6 Å². The van der Waals surface area contributed by atoms with Gasteiger partial charge in [0, 0.05) is 24.5 Å². The van der Waals surface area contributed by atoms with Crippen LogP contribution in [0.1, 0.15) is 41.0 Å². The van der Waals surface area contributed by atoms with Gasteiger partial charge in [0.1, 0.15) is 0 Å². The van der Waals surface area contributed by atoms with E-state index in [0.717, 1.165) is 6.42 Å². The average Bonchev–Trinajstić information content (AvgIpc) is 2.90. The smallest absolute Gasteiger partial charge is 0.358 e. The third-order valence-corrected chi connectivity index (χ3v) is 1.92. The second-order valence-corrected chi connectivity index (χ2v) is 4.38. The molecule has 0 N–H and O–H groups in total. The van der Waals surface area contributed by atoms with Gasteiger partial charge in [0.05, 0.1) is 0 Å². The molecule has 0 aliphatic heterocycles. The van der Waals surface area contributed by atoms with Crippen LogP contribution >= 0.6 is 0 Å². The minimum absolute atomic E-state index is 0. The Hall–Kier alpha value is -0.557. The van der Waals surface area contributed by atoms with Crippen molar-refractivity contribution >= 4 is 12.4 Å². The van der Waals surface area contributed by atoms with Gasteiger partial charge in [-0.25, -0.2) is 0 Å². The van der Waals surface area contributed by atoms with Gasteiger partial charge in [-0.3, -0.25) is 9.98 Å². The van der Waals surface area contributed by atoms with Crippen LogP contribution < -0.4 is 0 Å². The fourth-order valence-electron chi connectivity index (χ4n) is 0.913. The summed E-state index contributed by atoms with van der Waals surface area (Å²) in [6.07, 6.45) is 6.79. The number of nitrogens with zero attached hydrogens (tertiary/aromatic N) is 2. The van der Waals surface area contributed by atoms with Gasteiger partial charge in [0.2, 0.25) is 0 Å². The molecule has 0 saturated heterocycles. The molecule has 1 aliphatic carbocycles. The van der Waals surface area contributed by atoms with Crippen molar-refractivity contribution in [1.29, 1.82) is 0 Å². The van der Waals surface area contributed by atoms with E-state index in [1.165, 1.54) is 11.1 Å². The SMILES string of the molecule is C=C1C/C1=C\C.CC(C)N=CC=NC(C)C.[CH3-].[Ru+]. The summed E-state index contributed by atoms with van der Waals surface area (Å²) < 4.78 is 0. The van der Waals surface area contributed by atoms with Crippen LogP contribution in [0, 0.1) is 7.43 Å². The number of aliphatic imine (C=N–C) groups is 2. The molecule has 2 nitrogen and oxygen atoms in total. The molecule has 18 heavy (non-hydrogen) atoms. The maximum atomic E-state index is 4.12. The number of allylic oxidation sites excluding steroid dienone is 3. The van der Waals surface area contributed by atoms with Crippen molar-refractivity contribution in [3.05, 3.63) is 31.2 Å². The molecule has 1 fully saturated rings. The summed E-state index contributed by atoms with van der Waals surface area (Å²) in [7, 11) is 0. The summed E-state index contributed by atoms with van der Waals surface area (Å²) in [5, 5.41) is 0. The fourth-order valence-corrected chi connectivity index (χ4v) is 0.913. The molecular weight excluding hydrogens is 309 g/mol. The Morgan fingerprint density at radius 3 is 1.50 bits per heavy atom. The van der Waals surface area contributed by atoms with Gasteiger partial charge in [-0.05, 0) is 52.2 Å². The van der Waals surface area contributed by atoms with E-state index in [-0.39, 0.29) is 26.9 Å². The number of hydrogen-bond acceptors (Lipinski definition) is 2. The standard InChI is InChI=1S/C8H16N2.C6H8.CH3.Ru/c1-7(2)9-5-6-10-8(3)4;1-3-6-4-5(6)2;;/h5-8H,1-4H3;3H,2,4H2,1H3;1H3;/q;;-1;+1/b;6-3+;;. The summed E-state index contributed by atoms with van der Waals surface area (Å²) in [5.41, 5.74) is 2.76. The van der Waals surface area contributed by atoms with Gasteiger partial charge in [-0.15, -0.1) is 0 Å². The summed E-state index contributed by atoms with van der Waals surface area (Å²) in [6, 6.07) is 0.747. The molecule has 0 bridgehead atoms. The van der Waals surface area contributed by atoms with Crippen LogP contribution in [0.4, 0.5) is 0 Å². The summed E-state index contributed by atoms with van der Waals surface area (Å²) in [4.78, 5) is 8.24. The summed E-state index contributed by atoms with van der Waals surface area (Å²) in [5.74, 6) is 0. The van der Waals surface area contributed by atoms with E-state index in [9.17, 15) is 0 Å². The topological polar surface area (TPSA) is 24.7 Å². The Morgan fingerprint density at radius 2 is 1.39 bits per heavy atom. The Kier molecular flexibility index (Phi) is 16.2. The zero-order valence-corrected chi connectivity index (χ0v) is 14.3. The van der Waals surface area contributed by atoms with E-state index >= 15 is 0 Å². The zero-order valence-electron chi connectivity index (χ0n) is 12.5. The van der Waals surface area contributed by atoms with Gasteiger partial charge in [-0.2, -0.15) is 0 Å². The normalized spacial score (nSPS) is 15.7. The first-order valence-electron chi connectivity index (χ1n) is 5.85. The van der Waals surface area contributed by atoms with Crippen molar-refractivity contribution in [3.8, 4) is 0 Å². The average molecular weight is 336 g/mol. The molecule has 0 spiro atoms. The van der Waals surface area contributed by atoms with Crippen molar-refractivity contribution in [2.45, 2.75) is 53.1 Å². The molecule has 0 aromatic carbocycles. The molecule has 1 aliphatic rings. The molecule has 1 saturated carbocycles. The van der Waals surface area contributed by atoms with Crippen LogP contribution in [0.15, 0.2) is 33.8 Å². The van der Waals surface area contributed by atoms with Crippen molar-refractivity contribution < 1.29 is 19.5 Å². The first-order valence-corrected chi connectivity index (χ1v) is 5.85. The third kappa shape index (κ3) is 15.4. The predicted molar refractivity (Wildman–Crippen MR) is 81.2 cm³/mol. The van der Waals surface area contributed by atoms with Crippen LogP contribution in [-0.2, 0) is 19.5 Å². The van der Waals surface area contributed by atoms with E-state index in [1.54, 1.807) is 12.4 Å². The Bertz CT molecular complexity index is 284. The van der Waals surface area contributed by atoms with E-state index in [4.69, 9.17) is 0 Å². The second-order valence-electron chi connectivity index (χ2n) is 4.38. The predicted octanol–water partition coefficient (Wildman–Crippen LogP) is 4.29. The van der Waals surface area contributed by atoms with E-state index < -0.39 is 0 Å². The van der Waals surface area contributed by atoms with Gasteiger partial charge in [-0.1, -0.05) is 12.7 Å². The van der Waals surface area contributed by atoms with Crippen LogP contribution in [0.25, 0.3) is 0 Å². The minimum atomic E-state index is 0. The summed E-state index contributed by atoms with van der Waals surface area (Å²) >= 11 is 0. The van der Waals surface area contributed by atoms with Gasteiger partial charge in [0.15, 0.2) is 0 Å². The number of rotatable bonds is 3. The van der Waals surface area contributed by atoms with Crippen molar-refractivity contribution in [3.63, 3.8) is 0 Å². The molecule has 0 aromatic heterocycles. The van der Waals surface area contributed by atoms with Crippen LogP contribution in [0.3, 0.4) is 0 Å². The van der Waals surface area contributed by atoms with Gasteiger partial charge < -0.3 is 7.43 Å². The molecule has 1 radical (unpaired) electrons. The van der Waals surface area contributed by atoms with Crippen molar-refractivity contribution in [2.24, 2.45) is 9.98 Å². The zero-order chi connectivity index (χ0) is 12.6. The van der Waals surface area contributed by atoms with Gasteiger partial charge >= 0.3 is 19.5 Å². The third-order valence-electron chi connectivity index (χ3n) is 1.92. The molecule has 0 unspecified atom stereocenters. The quantitative estimate of drug-likeness (QED) is 0.417. The van der Waals surface area contributed by atoms with Crippen LogP contribution in [0.5, 0.6) is 0 Å². The first-order chi connectivity index (χ1) is 7.47. The number of hydrogen-bond donors (Lipinski definition) is 0. The van der Waals surface area contributed by atoms with Crippen LogP contribution in [-0.4, -0.2) is 24.5 Å². The molecule has 0 aromatic rings. The largest absolute Gasteiger partial charge is 1.00 e. The van der Waals surface area contributed by atoms with E-state index in [1.807, 2.05) is 34.6 Å². The molecule has 105 valence electrons. The molecule has 0 amide bonds. The molecule has 0 atom stereocenters. The van der Waals surface area contributed by atoms with E-state index in [0.29, 0.717) is 12.1 Å². The molecule has 1 rings (SSSR count). The Balaban J connectivity index is -0.000000244. The van der Waals surface area contributed by atoms with Crippen LogP contribution in [0.2, 0.25) is 0 Å². The fraction of sp³-hybridized carbons (Fsp3) is 0.533. The molecule has 3 heteroatoms. The minimum Gasteiger partial charge on any atom is -0.358 e. The van der Waals surface area contributed by atoms with Crippen molar-refractivity contribution in [2.75, 3.05) is 0 Å². The molecule has 0 heterocycles. The Labute approximate surface area is 126 Å². The van der Waals surface area contributed by atoms with Crippen molar-refractivity contribution in [1.82, 2.24) is 0 Å². The summed E-state index contributed by atoms with van der Waals surface area (Å²) in [6.45, 7) is 14.0. The monoisotopic (exact) mass is 337 g/mol. The second kappa shape index (κ2) is 12.9. The molecular formula is C15H27N2Ru. The maximum absolute atomic E-state index is 4.12. The van der Waals surface area contributed by atoms with Gasteiger partial charge in [0.25, 0.3) is 0 Å². The maximum Gasteiger partial charge on any atom is 1.00 e.